The molecule has 1 saturated heterocycles. The van der Waals surface area contributed by atoms with E-state index in [1.807, 2.05) is 25.1 Å². The molecule has 5 rings (SSSR count). The van der Waals surface area contributed by atoms with Gasteiger partial charge in [-0.25, -0.2) is 18.4 Å². The first-order valence-corrected chi connectivity index (χ1v) is 14.2. The Bertz CT molecular complexity index is 1650. The first-order chi connectivity index (χ1) is 19.3. The molecule has 0 radical (unpaired) electrons. The van der Waals surface area contributed by atoms with Crippen LogP contribution in [0.3, 0.4) is 0 Å². The SMILES string of the molecule is CCc1c2nc(-c3cc(S(=O)(=O)N4CCN([O-])CC4)cnc3OCCOC)[nH]c(=O)c2nn1Cc1ccccn1. The number of aromatic nitrogens is 6. The normalized spacial score (nSPS) is 15.1. The first kappa shape index (κ1) is 27.8. The van der Waals surface area contributed by atoms with Crippen LogP contribution in [-0.4, -0.2) is 94.0 Å². The summed E-state index contributed by atoms with van der Waals surface area (Å²) in [5.74, 6) is 0.174. The third-order valence-electron chi connectivity index (χ3n) is 6.52. The van der Waals surface area contributed by atoms with Crippen molar-refractivity contribution >= 4 is 21.1 Å². The van der Waals surface area contributed by atoms with Gasteiger partial charge in [0.25, 0.3) is 5.56 Å². The second kappa shape index (κ2) is 11.8. The average molecular weight is 570 g/mol. The minimum absolute atomic E-state index is 0.0591. The van der Waals surface area contributed by atoms with E-state index in [-0.39, 0.29) is 67.1 Å². The molecule has 5 heterocycles. The Hall–Kier alpha value is -3.76. The number of piperazine rings is 1. The number of sulfonamides is 1. The van der Waals surface area contributed by atoms with Gasteiger partial charge in [0.1, 0.15) is 22.8 Å². The third-order valence-corrected chi connectivity index (χ3v) is 8.38. The van der Waals surface area contributed by atoms with Crippen LogP contribution in [-0.2, 0) is 27.7 Å². The number of rotatable bonds is 10. The van der Waals surface area contributed by atoms with Crippen molar-refractivity contribution in [3.05, 3.63) is 63.6 Å². The molecule has 1 aliphatic heterocycles. The van der Waals surface area contributed by atoms with Crippen LogP contribution in [0.15, 0.2) is 46.3 Å². The molecule has 0 aromatic carbocycles. The van der Waals surface area contributed by atoms with Crippen molar-refractivity contribution in [3.63, 3.8) is 0 Å². The number of nitrogens with zero attached hydrogens (tertiary/aromatic N) is 7. The number of pyridine rings is 2. The van der Waals surface area contributed by atoms with Crippen molar-refractivity contribution in [1.82, 2.24) is 39.1 Å². The molecule has 0 spiro atoms. The van der Waals surface area contributed by atoms with Crippen molar-refractivity contribution in [2.24, 2.45) is 0 Å². The lowest BCUT2D eigenvalue weighted by Gasteiger charge is -2.37. The summed E-state index contributed by atoms with van der Waals surface area (Å²) in [5, 5.41) is 16.9. The average Bonchev–Trinajstić information content (AvgIpc) is 3.31. The maximum Gasteiger partial charge on any atom is 0.279 e. The van der Waals surface area contributed by atoms with Gasteiger partial charge in [0.05, 0.1) is 36.3 Å². The Kier molecular flexibility index (Phi) is 8.18. The zero-order chi connectivity index (χ0) is 28.3. The van der Waals surface area contributed by atoms with E-state index >= 15 is 0 Å². The summed E-state index contributed by atoms with van der Waals surface area (Å²) in [4.78, 5) is 29.2. The van der Waals surface area contributed by atoms with Gasteiger partial charge in [-0.15, -0.1) is 0 Å². The summed E-state index contributed by atoms with van der Waals surface area (Å²) in [6.07, 6.45) is 3.42. The summed E-state index contributed by atoms with van der Waals surface area (Å²) < 4.78 is 40.6. The molecule has 0 unspecified atom stereocenters. The summed E-state index contributed by atoms with van der Waals surface area (Å²) in [7, 11) is -2.45. The fourth-order valence-electron chi connectivity index (χ4n) is 4.46. The van der Waals surface area contributed by atoms with Crippen LogP contribution in [0.25, 0.3) is 22.4 Å². The molecule has 0 saturated carbocycles. The second-order valence-corrected chi connectivity index (χ2v) is 11.0. The topological polar surface area (TPSA) is 171 Å². The number of aryl methyl sites for hydroxylation is 1. The number of nitrogens with one attached hydrogen (secondary N) is 1. The highest BCUT2D eigenvalue weighted by Gasteiger charge is 2.29. The third kappa shape index (κ3) is 5.59. The molecule has 0 aliphatic carbocycles. The predicted octanol–water partition coefficient (Wildman–Crippen LogP) is 1.02. The van der Waals surface area contributed by atoms with Gasteiger partial charge in [0, 0.05) is 26.4 Å². The molecule has 0 amide bonds. The quantitative estimate of drug-likeness (QED) is 0.270. The highest BCUT2D eigenvalue weighted by molar-refractivity contribution is 7.89. The minimum atomic E-state index is -3.97. The lowest BCUT2D eigenvalue weighted by Crippen LogP contribution is -2.46. The predicted molar refractivity (Wildman–Crippen MR) is 145 cm³/mol. The second-order valence-electron chi connectivity index (χ2n) is 9.09. The Balaban J connectivity index is 1.60. The fourth-order valence-corrected chi connectivity index (χ4v) is 5.85. The van der Waals surface area contributed by atoms with E-state index in [0.29, 0.717) is 18.5 Å². The van der Waals surface area contributed by atoms with E-state index in [2.05, 4.69) is 20.1 Å². The molecule has 4 aromatic heterocycles. The number of hydrogen-bond acceptors (Lipinski definition) is 11. The summed E-state index contributed by atoms with van der Waals surface area (Å²) in [6, 6.07) is 6.94. The van der Waals surface area contributed by atoms with Crippen LogP contribution >= 0.6 is 0 Å². The summed E-state index contributed by atoms with van der Waals surface area (Å²) in [5.41, 5.74) is 1.75. The lowest BCUT2D eigenvalue weighted by atomic mass is 10.2. The van der Waals surface area contributed by atoms with E-state index in [1.54, 1.807) is 10.9 Å². The number of H-pyrrole nitrogens is 1. The summed E-state index contributed by atoms with van der Waals surface area (Å²) >= 11 is 0. The van der Waals surface area contributed by atoms with E-state index < -0.39 is 15.6 Å². The highest BCUT2D eigenvalue weighted by atomic mass is 32.2. The van der Waals surface area contributed by atoms with Gasteiger partial charge in [-0.2, -0.15) is 9.40 Å². The van der Waals surface area contributed by atoms with E-state index in [0.717, 1.165) is 16.5 Å². The zero-order valence-electron chi connectivity index (χ0n) is 22.1. The van der Waals surface area contributed by atoms with Crippen molar-refractivity contribution in [1.29, 1.82) is 0 Å². The van der Waals surface area contributed by atoms with Crippen molar-refractivity contribution in [2.75, 3.05) is 46.5 Å². The molecule has 4 aromatic rings. The van der Waals surface area contributed by atoms with Gasteiger partial charge in [0.15, 0.2) is 5.52 Å². The van der Waals surface area contributed by atoms with Crippen LogP contribution in [0.2, 0.25) is 0 Å². The molecule has 1 N–H and O–H groups in total. The van der Waals surface area contributed by atoms with Crippen LogP contribution < -0.4 is 10.3 Å². The molecule has 0 atom stereocenters. The molecule has 14 nitrogen and oxygen atoms in total. The minimum Gasteiger partial charge on any atom is -0.785 e. The zero-order valence-corrected chi connectivity index (χ0v) is 22.9. The Morgan fingerprint density at radius 3 is 2.60 bits per heavy atom. The molecule has 15 heteroatoms. The monoisotopic (exact) mass is 569 g/mol. The van der Waals surface area contributed by atoms with Crippen molar-refractivity contribution < 1.29 is 17.9 Å². The number of ether oxygens (including phenoxy) is 2. The summed E-state index contributed by atoms with van der Waals surface area (Å²) in [6.45, 7) is 2.97. The van der Waals surface area contributed by atoms with Gasteiger partial charge in [0.2, 0.25) is 15.9 Å². The molecule has 1 fully saturated rings. The molecule has 0 bridgehead atoms. The van der Waals surface area contributed by atoms with Gasteiger partial charge in [-0.05, 0) is 37.7 Å². The lowest BCUT2D eigenvalue weighted by molar-refractivity contribution is 0.144. The van der Waals surface area contributed by atoms with Crippen molar-refractivity contribution in [2.45, 2.75) is 24.8 Å². The van der Waals surface area contributed by atoms with Crippen LogP contribution in [0.5, 0.6) is 5.88 Å². The van der Waals surface area contributed by atoms with Gasteiger partial charge >= 0.3 is 0 Å². The van der Waals surface area contributed by atoms with E-state index in [1.165, 1.54) is 23.7 Å². The van der Waals surface area contributed by atoms with Gasteiger partial charge in [-0.1, -0.05) is 13.0 Å². The molecule has 212 valence electrons. The maximum absolute atomic E-state index is 13.4. The van der Waals surface area contributed by atoms with Gasteiger partial charge < -0.3 is 24.7 Å². The fraction of sp³-hybridized carbons (Fsp3) is 0.400. The molecule has 1 aliphatic rings. The Morgan fingerprint density at radius 2 is 1.90 bits per heavy atom. The first-order valence-electron chi connectivity index (χ1n) is 12.8. The number of methoxy groups -OCH3 is 1. The molecule has 40 heavy (non-hydrogen) atoms. The standard InChI is InChI=1S/C25H29N8O6S/c1-3-20-21-22(30-33(20)16-17-6-4-5-7-26-17)24(34)29-23(28-21)19-14-18(15-27-25(19)39-13-12-38-2)40(36,37)32-10-8-31(35)9-11-32/h4-7,14-15H,3,8-13,16H2,1-2H3,(H,28,29,34)/q-1. The van der Waals surface area contributed by atoms with E-state index in [9.17, 15) is 18.4 Å². The number of fused-ring (bicyclic) bond motifs is 1. The number of aromatic amines is 1. The number of hydrogen-bond donors (Lipinski definition) is 1. The van der Waals surface area contributed by atoms with Crippen LogP contribution in [0, 0.1) is 5.21 Å². The van der Waals surface area contributed by atoms with Crippen LogP contribution in [0.1, 0.15) is 18.3 Å². The molecular weight excluding hydrogens is 540 g/mol. The Morgan fingerprint density at radius 1 is 1.10 bits per heavy atom. The largest absolute Gasteiger partial charge is 0.785 e. The van der Waals surface area contributed by atoms with Gasteiger partial charge in [-0.3, -0.25) is 14.5 Å². The Labute approximate surface area is 230 Å². The smallest absolute Gasteiger partial charge is 0.279 e. The van der Waals surface area contributed by atoms with Crippen molar-refractivity contribution in [3.8, 4) is 17.3 Å². The van der Waals surface area contributed by atoms with Crippen LogP contribution in [0.4, 0.5) is 0 Å². The molecular formula is C25H29N8O6S-. The number of hydroxylamine groups is 2. The maximum atomic E-state index is 13.4. The van der Waals surface area contributed by atoms with E-state index in [4.69, 9.17) is 14.5 Å². The highest BCUT2D eigenvalue weighted by Crippen LogP contribution is 2.30.